The van der Waals surface area contributed by atoms with E-state index in [1.165, 1.54) is 37.7 Å². The Bertz CT molecular complexity index is 805. The lowest BCUT2D eigenvalue weighted by Crippen LogP contribution is -2.50. The van der Waals surface area contributed by atoms with Crippen molar-refractivity contribution in [1.82, 2.24) is 0 Å². The molecule has 3 saturated carbocycles. The van der Waals surface area contributed by atoms with E-state index in [2.05, 4.69) is 39.0 Å². The van der Waals surface area contributed by atoms with Gasteiger partial charge in [0.1, 0.15) is 0 Å². The highest BCUT2D eigenvalue weighted by molar-refractivity contribution is 6.01. The second-order valence-corrected chi connectivity index (χ2v) is 11.2. The SMILES string of the molecule is C[C@H](C=C[C@@H](C)[C@H]1CC[C@H]2[C@@H]3CCC4=CC(=O)C=C[C@]4(C)[C@H]3CC[C@]12C)CC(=O)O. The first-order valence-electron chi connectivity index (χ1n) is 12.0. The quantitative estimate of drug-likeness (QED) is 0.548. The molecule has 3 fully saturated rings. The molecule has 0 amide bonds. The predicted molar refractivity (Wildman–Crippen MR) is 120 cm³/mol. The summed E-state index contributed by atoms with van der Waals surface area (Å²) in [6, 6.07) is 0. The standard InChI is InChI=1S/C27H38O3/c1-17(15-25(29)30)5-6-18(2)22-9-10-23-21-8-7-19-16-20(28)11-13-26(19,3)24(21)12-14-27(22,23)4/h5-6,11,13,16-18,21-24H,7-10,12,14-15H2,1-4H3,(H,29,30)/t17-,18-,21+,22-,23+,24+,26+,27-/m1/s1. The van der Waals surface area contributed by atoms with Gasteiger partial charge < -0.3 is 5.11 Å². The summed E-state index contributed by atoms with van der Waals surface area (Å²) in [5.41, 5.74) is 1.83. The highest BCUT2D eigenvalue weighted by Gasteiger charge is 2.58. The van der Waals surface area contributed by atoms with Gasteiger partial charge in [0.25, 0.3) is 0 Å². The highest BCUT2D eigenvalue weighted by Crippen LogP contribution is 2.66. The Labute approximate surface area is 181 Å². The zero-order valence-electron chi connectivity index (χ0n) is 19.1. The van der Waals surface area contributed by atoms with Gasteiger partial charge in [-0.15, -0.1) is 0 Å². The number of fused-ring (bicyclic) bond motifs is 5. The van der Waals surface area contributed by atoms with Gasteiger partial charge >= 0.3 is 5.97 Å². The smallest absolute Gasteiger partial charge is 0.303 e. The molecule has 3 nitrogen and oxygen atoms in total. The number of hydrogen-bond donors (Lipinski definition) is 1. The largest absolute Gasteiger partial charge is 0.481 e. The van der Waals surface area contributed by atoms with Crippen LogP contribution in [-0.4, -0.2) is 16.9 Å². The molecule has 0 spiro atoms. The van der Waals surface area contributed by atoms with Crippen LogP contribution in [0.25, 0.3) is 0 Å². The van der Waals surface area contributed by atoms with Crippen molar-refractivity contribution < 1.29 is 14.7 Å². The number of carboxylic acids is 1. The van der Waals surface area contributed by atoms with Crippen LogP contribution in [0.1, 0.15) is 72.6 Å². The van der Waals surface area contributed by atoms with Crippen molar-refractivity contribution in [2.24, 2.45) is 46.3 Å². The van der Waals surface area contributed by atoms with Gasteiger partial charge in [-0.3, -0.25) is 9.59 Å². The fourth-order valence-corrected chi connectivity index (χ4v) is 7.94. The highest BCUT2D eigenvalue weighted by atomic mass is 16.4. The maximum Gasteiger partial charge on any atom is 0.303 e. The lowest BCUT2D eigenvalue weighted by Gasteiger charge is -2.57. The molecule has 0 unspecified atom stereocenters. The summed E-state index contributed by atoms with van der Waals surface area (Å²) in [7, 11) is 0. The molecule has 0 heterocycles. The average molecular weight is 411 g/mol. The number of aliphatic carboxylic acids is 1. The summed E-state index contributed by atoms with van der Waals surface area (Å²) in [5, 5.41) is 9.02. The van der Waals surface area contributed by atoms with Crippen molar-refractivity contribution in [1.29, 1.82) is 0 Å². The van der Waals surface area contributed by atoms with Crippen LogP contribution in [0.5, 0.6) is 0 Å². The molecule has 0 aromatic rings. The molecule has 0 aliphatic heterocycles. The molecule has 4 aliphatic carbocycles. The minimum absolute atomic E-state index is 0.0774. The Morgan fingerprint density at radius 1 is 1.17 bits per heavy atom. The van der Waals surface area contributed by atoms with Gasteiger partial charge in [0.2, 0.25) is 0 Å². The van der Waals surface area contributed by atoms with Crippen molar-refractivity contribution in [3.63, 3.8) is 0 Å². The molecular weight excluding hydrogens is 372 g/mol. The average Bonchev–Trinajstić information content (AvgIpc) is 3.03. The monoisotopic (exact) mass is 410 g/mol. The minimum atomic E-state index is -0.719. The first kappa shape index (κ1) is 21.6. The molecule has 0 bridgehead atoms. The fourth-order valence-electron chi connectivity index (χ4n) is 7.94. The van der Waals surface area contributed by atoms with E-state index in [-0.39, 0.29) is 23.5 Å². The van der Waals surface area contributed by atoms with Crippen molar-refractivity contribution in [2.75, 3.05) is 0 Å². The van der Waals surface area contributed by atoms with Crippen LogP contribution in [0, 0.1) is 46.3 Å². The molecule has 0 aromatic heterocycles. The Morgan fingerprint density at radius 2 is 1.93 bits per heavy atom. The Morgan fingerprint density at radius 3 is 2.67 bits per heavy atom. The van der Waals surface area contributed by atoms with E-state index in [1.54, 1.807) is 0 Å². The van der Waals surface area contributed by atoms with Crippen LogP contribution in [0.4, 0.5) is 0 Å². The van der Waals surface area contributed by atoms with Crippen LogP contribution in [0.2, 0.25) is 0 Å². The molecular formula is C27H38O3. The van der Waals surface area contributed by atoms with Crippen LogP contribution in [-0.2, 0) is 9.59 Å². The lowest BCUT2D eigenvalue weighted by atomic mass is 9.47. The van der Waals surface area contributed by atoms with Gasteiger partial charge in [-0.1, -0.05) is 51.5 Å². The van der Waals surface area contributed by atoms with Gasteiger partial charge in [-0.2, -0.15) is 0 Å². The third kappa shape index (κ3) is 3.52. The van der Waals surface area contributed by atoms with Crippen molar-refractivity contribution in [3.8, 4) is 0 Å². The predicted octanol–water partition coefficient (Wildman–Crippen LogP) is 6.21. The zero-order chi connectivity index (χ0) is 21.7. The van der Waals surface area contributed by atoms with Gasteiger partial charge in [-0.25, -0.2) is 0 Å². The number of hydrogen-bond acceptors (Lipinski definition) is 2. The topological polar surface area (TPSA) is 54.4 Å². The number of ketones is 1. The number of carbonyl (C=O) groups excluding carboxylic acids is 1. The van der Waals surface area contributed by atoms with Crippen molar-refractivity contribution in [2.45, 2.75) is 72.6 Å². The number of carbonyl (C=O) groups is 2. The van der Waals surface area contributed by atoms with Crippen LogP contribution in [0.15, 0.2) is 36.0 Å². The third-order valence-corrected chi connectivity index (χ3v) is 9.50. The number of rotatable bonds is 5. The van der Waals surface area contributed by atoms with Gasteiger partial charge in [0, 0.05) is 5.41 Å². The van der Waals surface area contributed by atoms with Gasteiger partial charge in [-0.05, 0) is 91.6 Å². The molecule has 164 valence electrons. The lowest BCUT2D eigenvalue weighted by molar-refractivity contribution is -0.137. The number of carboxylic acid groups (broad SMARTS) is 1. The molecule has 30 heavy (non-hydrogen) atoms. The van der Waals surface area contributed by atoms with E-state index >= 15 is 0 Å². The molecule has 4 rings (SSSR count). The maximum absolute atomic E-state index is 11.9. The number of allylic oxidation sites excluding steroid dienone is 6. The maximum atomic E-state index is 11.9. The minimum Gasteiger partial charge on any atom is -0.481 e. The van der Waals surface area contributed by atoms with Crippen LogP contribution >= 0.6 is 0 Å². The summed E-state index contributed by atoms with van der Waals surface area (Å²) in [5.74, 6) is 2.92. The molecule has 4 aliphatic rings. The Balaban J connectivity index is 1.51. The van der Waals surface area contributed by atoms with E-state index in [0.717, 1.165) is 18.3 Å². The third-order valence-electron chi connectivity index (χ3n) is 9.50. The summed E-state index contributed by atoms with van der Waals surface area (Å²) in [6.45, 7) is 9.26. The summed E-state index contributed by atoms with van der Waals surface area (Å²) in [6.07, 6.45) is 18.1. The van der Waals surface area contributed by atoms with E-state index in [1.807, 2.05) is 19.1 Å². The fraction of sp³-hybridized carbons (Fsp3) is 0.704. The first-order chi connectivity index (χ1) is 14.1. The van der Waals surface area contributed by atoms with E-state index in [0.29, 0.717) is 23.2 Å². The van der Waals surface area contributed by atoms with E-state index in [4.69, 9.17) is 5.11 Å². The first-order valence-corrected chi connectivity index (χ1v) is 12.0. The Hall–Kier alpha value is -1.64. The van der Waals surface area contributed by atoms with Crippen LogP contribution < -0.4 is 0 Å². The molecule has 0 radical (unpaired) electrons. The second-order valence-electron chi connectivity index (χ2n) is 11.2. The normalized spacial score (nSPS) is 42.3. The van der Waals surface area contributed by atoms with Gasteiger partial charge in [0.15, 0.2) is 5.78 Å². The molecule has 0 saturated heterocycles. The van der Waals surface area contributed by atoms with Gasteiger partial charge in [0.05, 0.1) is 6.42 Å². The van der Waals surface area contributed by atoms with E-state index in [9.17, 15) is 9.59 Å². The Kier molecular flexibility index (Phi) is 5.61. The molecule has 1 N–H and O–H groups in total. The van der Waals surface area contributed by atoms with E-state index < -0.39 is 5.97 Å². The summed E-state index contributed by atoms with van der Waals surface area (Å²) >= 11 is 0. The summed E-state index contributed by atoms with van der Waals surface area (Å²) < 4.78 is 0. The second kappa shape index (κ2) is 7.80. The van der Waals surface area contributed by atoms with Crippen molar-refractivity contribution in [3.05, 3.63) is 36.0 Å². The molecule has 8 atom stereocenters. The molecule has 0 aromatic carbocycles. The van der Waals surface area contributed by atoms with Crippen molar-refractivity contribution >= 4 is 11.8 Å². The zero-order valence-corrected chi connectivity index (χ0v) is 19.1. The summed E-state index contributed by atoms with van der Waals surface area (Å²) in [4.78, 5) is 22.9. The van der Waals surface area contributed by atoms with Crippen LogP contribution in [0.3, 0.4) is 0 Å². The molecule has 3 heteroatoms.